The van der Waals surface area contributed by atoms with Crippen molar-refractivity contribution in [3.05, 3.63) is 16.3 Å². The van der Waals surface area contributed by atoms with Crippen LogP contribution in [0.15, 0.2) is 4.79 Å². The van der Waals surface area contributed by atoms with Crippen LogP contribution in [-0.4, -0.2) is 25.9 Å². The van der Waals surface area contributed by atoms with E-state index in [1.165, 1.54) is 4.68 Å². The fraction of sp³-hybridized carbons (Fsp3) is 0.786. The van der Waals surface area contributed by atoms with Crippen LogP contribution < -0.4 is 5.69 Å². The van der Waals surface area contributed by atoms with Gasteiger partial charge in [0.15, 0.2) is 6.04 Å². The van der Waals surface area contributed by atoms with E-state index in [1.54, 1.807) is 11.5 Å². The molecule has 1 aromatic heterocycles. The monoisotopic (exact) mass is 281 g/mol. The molecular formula is C14H23N3O3. The van der Waals surface area contributed by atoms with Gasteiger partial charge in [0.25, 0.3) is 0 Å². The molecule has 0 saturated heterocycles. The van der Waals surface area contributed by atoms with Crippen LogP contribution in [0.25, 0.3) is 0 Å². The van der Waals surface area contributed by atoms with E-state index in [9.17, 15) is 9.59 Å². The molecule has 0 amide bonds. The van der Waals surface area contributed by atoms with Crippen molar-refractivity contribution in [3.8, 4) is 0 Å². The highest BCUT2D eigenvalue weighted by atomic mass is 16.6. The second-order valence-corrected chi connectivity index (χ2v) is 6.32. The Morgan fingerprint density at radius 1 is 1.30 bits per heavy atom. The van der Waals surface area contributed by atoms with Gasteiger partial charge in [0, 0.05) is 13.0 Å². The van der Waals surface area contributed by atoms with Crippen LogP contribution in [0.2, 0.25) is 0 Å². The predicted octanol–water partition coefficient (Wildman–Crippen LogP) is 1.67. The van der Waals surface area contributed by atoms with E-state index in [2.05, 4.69) is 5.10 Å². The largest absolute Gasteiger partial charge is 0.458 e. The van der Waals surface area contributed by atoms with Crippen molar-refractivity contribution in [1.29, 1.82) is 0 Å². The van der Waals surface area contributed by atoms with E-state index in [0.29, 0.717) is 6.54 Å². The van der Waals surface area contributed by atoms with Gasteiger partial charge in [0.2, 0.25) is 0 Å². The lowest BCUT2D eigenvalue weighted by atomic mass is 10.2. The van der Waals surface area contributed by atoms with Crippen molar-refractivity contribution in [2.45, 2.75) is 71.6 Å². The first kappa shape index (κ1) is 14.8. The van der Waals surface area contributed by atoms with Crippen LogP contribution in [-0.2, 0) is 22.5 Å². The number of carbonyl (C=O) groups excluding carboxylic acids is 1. The van der Waals surface area contributed by atoms with E-state index < -0.39 is 17.6 Å². The summed E-state index contributed by atoms with van der Waals surface area (Å²) in [6.07, 6.45) is 3.93. The number of ether oxygens (including phenoxy) is 1. The molecule has 0 fully saturated rings. The summed E-state index contributed by atoms with van der Waals surface area (Å²) in [7, 11) is 0. The van der Waals surface area contributed by atoms with Crippen LogP contribution in [0, 0.1) is 0 Å². The van der Waals surface area contributed by atoms with Gasteiger partial charge in [-0.05, 0) is 40.5 Å². The average molecular weight is 281 g/mol. The molecule has 0 aromatic carbocycles. The summed E-state index contributed by atoms with van der Waals surface area (Å²) in [5, 5.41) is 4.33. The Morgan fingerprint density at radius 2 is 2.00 bits per heavy atom. The first-order chi connectivity index (χ1) is 9.29. The fourth-order valence-electron chi connectivity index (χ4n) is 2.33. The van der Waals surface area contributed by atoms with Crippen molar-refractivity contribution in [1.82, 2.24) is 14.3 Å². The minimum absolute atomic E-state index is 0.208. The first-order valence-corrected chi connectivity index (χ1v) is 7.20. The second kappa shape index (κ2) is 5.42. The smallest absolute Gasteiger partial charge is 0.346 e. The minimum atomic E-state index is -0.693. The van der Waals surface area contributed by atoms with Crippen LogP contribution in [0.5, 0.6) is 0 Å². The Kier molecular flexibility index (Phi) is 4.01. The van der Waals surface area contributed by atoms with Gasteiger partial charge in [-0.3, -0.25) is 4.57 Å². The molecule has 6 heteroatoms. The van der Waals surface area contributed by atoms with Gasteiger partial charge >= 0.3 is 11.7 Å². The molecule has 112 valence electrons. The van der Waals surface area contributed by atoms with E-state index in [4.69, 9.17) is 4.74 Å². The van der Waals surface area contributed by atoms with Gasteiger partial charge in [0.1, 0.15) is 11.4 Å². The van der Waals surface area contributed by atoms with Gasteiger partial charge in [-0.25, -0.2) is 9.59 Å². The number of aromatic nitrogens is 3. The summed E-state index contributed by atoms with van der Waals surface area (Å²) < 4.78 is 8.26. The molecule has 0 saturated carbocycles. The number of rotatable bonds is 2. The van der Waals surface area contributed by atoms with Crippen LogP contribution in [0.4, 0.5) is 0 Å². The lowest BCUT2D eigenvalue weighted by Crippen LogP contribution is -2.35. The Bertz CT molecular complexity index is 551. The molecule has 1 aliphatic rings. The SMILES string of the molecule is CC(C(=O)OC(C)(C)C)n1nc2n(c1=O)CCCCC2. The van der Waals surface area contributed by atoms with Crippen molar-refractivity contribution in [2.75, 3.05) is 0 Å². The average Bonchev–Trinajstić information content (AvgIpc) is 2.52. The lowest BCUT2D eigenvalue weighted by Gasteiger charge is -2.21. The molecule has 0 aliphatic carbocycles. The van der Waals surface area contributed by atoms with Gasteiger partial charge < -0.3 is 4.74 Å². The van der Waals surface area contributed by atoms with Crippen LogP contribution >= 0.6 is 0 Å². The van der Waals surface area contributed by atoms with Gasteiger partial charge in [-0.1, -0.05) is 6.42 Å². The van der Waals surface area contributed by atoms with Crippen molar-refractivity contribution in [2.24, 2.45) is 0 Å². The molecule has 20 heavy (non-hydrogen) atoms. The molecule has 6 nitrogen and oxygen atoms in total. The van der Waals surface area contributed by atoms with Crippen molar-refractivity contribution in [3.63, 3.8) is 0 Å². The summed E-state index contributed by atoms with van der Waals surface area (Å²) in [5.74, 6) is 0.357. The molecule has 2 heterocycles. The molecule has 0 spiro atoms. The third kappa shape index (κ3) is 3.11. The third-order valence-corrected chi connectivity index (χ3v) is 3.36. The number of hydrogen-bond acceptors (Lipinski definition) is 4. The van der Waals surface area contributed by atoms with E-state index in [1.807, 2.05) is 20.8 Å². The topological polar surface area (TPSA) is 66.1 Å². The maximum Gasteiger partial charge on any atom is 0.346 e. The molecule has 0 radical (unpaired) electrons. The second-order valence-electron chi connectivity index (χ2n) is 6.32. The molecule has 0 bridgehead atoms. The number of nitrogens with zero attached hydrogens (tertiary/aromatic N) is 3. The molecule has 1 unspecified atom stereocenters. The zero-order valence-corrected chi connectivity index (χ0v) is 12.7. The maximum atomic E-state index is 12.3. The Balaban J connectivity index is 2.25. The van der Waals surface area contributed by atoms with Crippen molar-refractivity contribution >= 4 is 5.97 Å². The van der Waals surface area contributed by atoms with Gasteiger partial charge in [-0.15, -0.1) is 0 Å². The summed E-state index contributed by atoms with van der Waals surface area (Å²) in [4.78, 5) is 24.4. The van der Waals surface area contributed by atoms with Crippen molar-refractivity contribution < 1.29 is 9.53 Å². The Labute approximate surface area is 118 Å². The predicted molar refractivity (Wildman–Crippen MR) is 74.6 cm³/mol. The molecule has 2 rings (SSSR count). The Hall–Kier alpha value is -1.59. The molecule has 0 N–H and O–H groups in total. The number of carbonyl (C=O) groups is 1. The standard InChI is InChI=1S/C14H23N3O3/c1-10(12(18)20-14(2,3)4)17-13(19)16-9-7-5-6-8-11(16)15-17/h10H,5-9H2,1-4H3. The molecular weight excluding hydrogens is 258 g/mol. The minimum Gasteiger partial charge on any atom is -0.458 e. The number of fused-ring (bicyclic) bond motifs is 1. The molecule has 1 atom stereocenters. The van der Waals surface area contributed by atoms with E-state index >= 15 is 0 Å². The summed E-state index contributed by atoms with van der Waals surface area (Å²) >= 11 is 0. The first-order valence-electron chi connectivity index (χ1n) is 7.20. The van der Waals surface area contributed by atoms with Crippen LogP contribution in [0.1, 0.15) is 58.8 Å². The zero-order valence-electron chi connectivity index (χ0n) is 12.7. The third-order valence-electron chi connectivity index (χ3n) is 3.36. The highest BCUT2D eigenvalue weighted by Crippen LogP contribution is 2.15. The van der Waals surface area contributed by atoms with Gasteiger partial charge in [-0.2, -0.15) is 9.78 Å². The highest BCUT2D eigenvalue weighted by molar-refractivity contribution is 5.74. The maximum absolute atomic E-state index is 12.3. The normalized spacial score (nSPS) is 17.2. The van der Waals surface area contributed by atoms with Gasteiger partial charge in [0.05, 0.1) is 0 Å². The highest BCUT2D eigenvalue weighted by Gasteiger charge is 2.27. The molecule has 1 aromatic rings. The summed E-state index contributed by atoms with van der Waals surface area (Å²) in [6.45, 7) is 7.77. The number of aryl methyl sites for hydroxylation is 1. The van der Waals surface area contributed by atoms with E-state index in [0.717, 1.165) is 31.5 Å². The van der Waals surface area contributed by atoms with E-state index in [-0.39, 0.29) is 5.69 Å². The summed E-state index contributed by atoms with van der Waals surface area (Å²) in [5.41, 5.74) is -0.772. The number of hydrogen-bond donors (Lipinski definition) is 0. The van der Waals surface area contributed by atoms with Crippen LogP contribution in [0.3, 0.4) is 0 Å². The Morgan fingerprint density at radius 3 is 2.65 bits per heavy atom. The fourth-order valence-corrected chi connectivity index (χ4v) is 2.33. The molecule has 1 aliphatic heterocycles. The number of esters is 1. The summed E-state index contributed by atoms with van der Waals surface area (Å²) in [6, 6.07) is -0.693. The lowest BCUT2D eigenvalue weighted by molar-refractivity contribution is -0.158. The quantitative estimate of drug-likeness (QED) is 0.773. The zero-order chi connectivity index (χ0) is 14.9.